The molecule has 0 aromatic carbocycles. The number of ether oxygens (including phenoxy) is 1. The summed E-state index contributed by atoms with van der Waals surface area (Å²) >= 11 is 0. The Morgan fingerprint density at radius 3 is 2.70 bits per heavy atom. The number of aromatic nitrogens is 1. The van der Waals surface area contributed by atoms with E-state index >= 15 is 0 Å². The third-order valence-corrected chi connectivity index (χ3v) is 3.53. The van der Waals surface area contributed by atoms with E-state index in [1.807, 2.05) is 0 Å². The van der Waals surface area contributed by atoms with Crippen molar-refractivity contribution < 1.29 is 4.74 Å². The molecule has 0 spiro atoms. The summed E-state index contributed by atoms with van der Waals surface area (Å²) in [4.78, 5) is 0. The molecule has 116 valence electrons. The van der Waals surface area contributed by atoms with Crippen molar-refractivity contribution in [3.63, 3.8) is 0 Å². The van der Waals surface area contributed by atoms with Crippen LogP contribution in [0.2, 0.25) is 0 Å². The van der Waals surface area contributed by atoms with Crippen LogP contribution in [0.5, 0.6) is 0 Å². The first kappa shape index (κ1) is 17.3. The van der Waals surface area contributed by atoms with E-state index in [1.54, 1.807) is 0 Å². The second kappa shape index (κ2) is 10.9. The van der Waals surface area contributed by atoms with Crippen LogP contribution in [0.15, 0.2) is 18.5 Å². The predicted octanol–water partition coefficient (Wildman–Crippen LogP) is 4.15. The highest BCUT2D eigenvalue weighted by atomic mass is 16.5. The lowest BCUT2D eigenvalue weighted by atomic mass is 10.1. The van der Waals surface area contributed by atoms with Crippen molar-refractivity contribution in [2.24, 2.45) is 0 Å². The van der Waals surface area contributed by atoms with Crippen LogP contribution in [0.3, 0.4) is 0 Å². The number of rotatable bonds is 12. The zero-order chi connectivity index (χ0) is 14.6. The Morgan fingerprint density at radius 1 is 1.15 bits per heavy atom. The van der Waals surface area contributed by atoms with Crippen LogP contribution < -0.4 is 5.32 Å². The topological polar surface area (TPSA) is 26.2 Å². The van der Waals surface area contributed by atoms with Crippen molar-refractivity contribution in [2.45, 2.75) is 65.5 Å². The summed E-state index contributed by atoms with van der Waals surface area (Å²) in [5.41, 5.74) is 1.41. The number of hydrogen-bond acceptors (Lipinski definition) is 2. The monoisotopic (exact) mass is 280 g/mol. The van der Waals surface area contributed by atoms with Crippen LogP contribution in [0.4, 0.5) is 0 Å². The Kier molecular flexibility index (Phi) is 9.42. The molecule has 1 atom stereocenters. The Morgan fingerprint density at radius 2 is 2.00 bits per heavy atom. The van der Waals surface area contributed by atoms with E-state index in [-0.39, 0.29) is 0 Å². The second-order valence-electron chi connectivity index (χ2n) is 5.44. The molecule has 3 heteroatoms. The lowest BCUT2D eigenvalue weighted by Gasteiger charge is -2.16. The lowest BCUT2D eigenvalue weighted by Crippen LogP contribution is -2.21. The summed E-state index contributed by atoms with van der Waals surface area (Å²) in [7, 11) is 0. The maximum Gasteiger partial charge on any atom is 0.0645 e. The summed E-state index contributed by atoms with van der Waals surface area (Å²) < 4.78 is 7.87. The van der Waals surface area contributed by atoms with Gasteiger partial charge < -0.3 is 14.6 Å². The molecule has 1 aromatic rings. The van der Waals surface area contributed by atoms with Gasteiger partial charge in [-0.1, -0.05) is 33.6 Å². The summed E-state index contributed by atoms with van der Waals surface area (Å²) in [5, 5.41) is 3.64. The molecule has 0 fully saturated rings. The Bertz CT molecular complexity index is 335. The molecule has 0 amide bonds. The third kappa shape index (κ3) is 6.58. The van der Waals surface area contributed by atoms with Crippen LogP contribution >= 0.6 is 0 Å². The molecule has 1 heterocycles. The predicted molar refractivity (Wildman–Crippen MR) is 86.1 cm³/mol. The van der Waals surface area contributed by atoms with Gasteiger partial charge in [0.05, 0.1) is 6.61 Å². The van der Waals surface area contributed by atoms with Gasteiger partial charge in [0.1, 0.15) is 0 Å². The van der Waals surface area contributed by atoms with E-state index in [4.69, 9.17) is 4.74 Å². The van der Waals surface area contributed by atoms with Crippen molar-refractivity contribution in [1.82, 2.24) is 9.88 Å². The van der Waals surface area contributed by atoms with Crippen LogP contribution in [0, 0.1) is 0 Å². The van der Waals surface area contributed by atoms with Crippen molar-refractivity contribution >= 4 is 0 Å². The standard InChI is InChI=1S/C17H32N2O/c1-4-7-13-20-14-12-19-11-9-16(15-19)17(8-5-2)18-10-6-3/h9,11,15,17-18H,4-8,10,12-14H2,1-3H3. The van der Waals surface area contributed by atoms with Gasteiger partial charge >= 0.3 is 0 Å². The Balaban J connectivity index is 2.38. The average Bonchev–Trinajstić information content (AvgIpc) is 2.92. The van der Waals surface area contributed by atoms with E-state index in [2.05, 4.69) is 49.1 Å². The second-order valence-corrected chi connectivity index (χ2v) is 5.44. The minimum Gasteiger partial charge on any atom is -0.380 e. The zero-order valence-electron chi connectivity index (χ0n) is 13.5. The minimum absolute atomic E-state index is 0.502. The highest BCUT2D eigenvalue weighted by Crippen LogP contribution is 2.18. The van der Waals surface area contributed by atoms with Gasteiger partial charge in [0.25, 0.3) is 0 Å². The number of hydrogen-bond donors (Lipinski definition) is 1. The molecule has 0 aliphatic carbocycles. The lowest BCUT2D eigenvalue weighted by molar-refractivity contribution is 0.123. The molecule has 0 bridgehead atoms. The molecule has 0 aliphatic heterocycles. The van der Waals surface area contributed by atoms with Gasteiger partial charge in [0.15, 0.2) is 0 Å². The molecule has 3 nitrogen and oxygen atoms in total. The van der Waals surface area contributed by atoms with Crippen LogP contribution in [-0.4, -0.2) is 24.3 Å². The fraction of sp³-hybridized carbons (Fsp3) is 0.765. The minimum atomic E-state index is 0.502. The third-order valence-electron chi connectivity index (χ3n) is 3.53. The number of nitrogens with zero attached hydrogens (tertiary/aromatic N) is 1. The largest absolute Gasteiger partial charge is 0.380 e. The molecule has 0 saturated heterocycles. The van der Waals surface area contributed by atoms with E-state index < -0.39 is 0 Å². The van der Waals surface area contributed by atoms with Gasteiger partial charge in [-0.2, -0.15) is 0 Å². The van der Waals surface area contributed by atoms with Gasteiger partial charge in [-0.05, 0) is 37.4 Å². The van der Waals surface area contributed by atoms with Gasteiger partial charge in [0, 0.05) is 31.6 Å². The van der Waals surface area contributed by atoms with E-state index in [0.717, 1.165) is 32.7 Å². The molecule has 1 rings (SSSR count). The Hall–Kier alpha value is -0.800. The van der Waals surface area contributed by atoms with Gasteiger partial charge in [-0.25, -0.2) is 0 Å². The quantitative estimate of drug-likeness (QED) is 0.582. The molecule has 1 aromatic heterocycles. The summed E-state index contributed by atoms with van der Waals surface area (Å²) in [6.45, 7) is 10.4. The molecule has 1 N–H and O–H groups in total. The first-order chi connectivity index (χ1) is 9.81. The SMILES string of the molecule is CCCCOCCn1ccc(C(CCC)NCCC)c1. The molecule has 0 aliphatic rings. The maximum absolute atomic E-state index is 5.62. The van der Waals surface area contributed by atoms with Gasteiger partial charge in [-0.15, -0.1) is 0 Å². The first-order valence-electron chi connectivity index (χ1n) is 8.28. The molecule has 0 saturated carbocycles. The van der Waals surface area contributed by atoms with Crippen molar-refractivity contribution in [1.29, 1.82) is 0 Å². The number of nitrogens with one attached hydrogen (secondary N) is 1. The fourth-order valence-electron chi connectivity index (χ4n) is 2.32. The smallest absolute Gasteiger partial charge is 0.0645 e. The van der Waals surface area contributed by atoms with E-state index in [1.165, 1.54) is 31.2 Å². The van der Waals surface area contributed by atoms with Crippen molar-refractivity contribution in [3.8, 4) is 0 Å². The zero-order valence-corrected chi connectivity index (χ0v) is 13.5. The van der Waals surface area contributed by atoms with Gasteiger partial charge in [-0.3, -0.25) is 0 Å². The molecular formula is C17H32N2O. The highest BCUT2D eigenvalue weighted by Gasteiger charge is 2.10. The summed E-state index contributed by atoms with van der Waals surface area (Å²) in [6, 6.07) is 2.75. The van der Waals surface area contributed by atoms with Crippen LogP contribution in [-0.2, 0) is 11.3 Å². The molecule has 0 radical (unpaired) electrons. The summed E-state index contributed by atoms with van der Waals surface area (Å²) in [6.07, 6.45) is 10.4. The molecule has 20 heavy (non-hydrogen) atoms. The Labute approximate surface area is 124 Å². The van der Waals surface area contributed by atoms with Crippen molar-refractivity contribution in [3.05, 3.63) is 24.0 Å². The maximum atomic E-state index is 5.62. The van der Waals surface area contributed by atoms with Gasteiger partial charge in [0.2, 0.25) is 0 Å². The van der Waals surface area contributed by atoms with Crippen LogP contribution in [0.1, 0.15) is 64.5 Å². The fourth-order valence-corrected chi connectivity index (χ4v) is 2.32. The van der Waals surface area contributed by atoms with E-state index in [9.17, 15) is 0 Å². The molecule has 1 unspecified atom stereocenters. The number of unbranched alkanes of at least 4 members (excludes halogenated alkanes) is 1. The normalized spacial score (nSPS) is 12.8. The van der Waals surface area contributed by atoms with Crippen LogP contribution in [0.25, 0.3) is 0 Å². The summed E-state index contributed by atoms with van der Waals surface area (Å²) in [5.74, 6) is 0. The van der Waals surface area contributed by atoms with Crippen molar-refractivity contribution in [2.75, 3.05) is 19.8 Å². The molecular weight excluding hydrogens is 248 g/mol. The van der Waals surface area contributed by atoms with E-state index in [0.29, 0.717) is 6.04 Å². The average molecular weight is 280 g/mol. The highest BCUT2D eigenvalue weighted by molar-refractivity contribution is 5.15. The first-order valence-corrected chi connectivity index (χ1v) is 8.28.